The van der Waals surface area contributed by atoms with Crippen molar-refractivity contribution in [3.63, 3.8) is 0 Å². The second-order valence-electron chi connectivity index (χ2n) is 6.42. The Morgan fingerprint density at radius 3 is 2.70 bits per heavy atom. The van der Waals surface area contributed by atoms with E-state index in [1.165, 1.54) is 6.20 Å². The van der Waals surface area contributed by atoms with E-state index >= 15 is 0 Å². The zero-order valence-corrected chi connectivity index (χ0v) is 16.0. The van der Waals surface area contributed by atoms with E-state index in [0.29, 0.717) is 6.54 Å². The minimum Gasteiger partial charge on any atom is -0.497 e. The summed E-state index contributed by atoms with van der Waals surface area (Å²) in [6, 6.07) is 17.4. The molecule has 0 radical (unpaired) electrons. The zero-order valence-electron chi connectivity index (χ0n) is 16.0. The molecular weight excluding hydrogens is 338 g/mol. The Labute approximate surface area is 160 Å². The van der Waals surface area contributed by atoms with E-state index in [4.69, 9.17) is 4.74 Å². The van der Waals surface area contributed by atoms with Crippen molar-refractivity contribution in [2.24, 2.45) is 0 Å². The molecule has 0 spiro atoms. The normalized spacial score (nSPS) is 11.0. The average molecular weight is 363 g/mol. The van der Waals surface area contributed by atoms with Gasteiger partial charge in [-0.2, -0.15) is 5.26 Å². The molecule has 2 aromatic carbocycles. The van der Waals surface area contributed by atoms with Gasteiger partial charge in [-0.1, -0.05) is 44.2 Å². The Morgan fingerprint density at radius 2 is 2.00 bits per heavy atom. The highest BCUT2D eigenvalue weighted by atomic mass is 16.5. The second-order valence-corrected chi connectivity index (χ2v) is 6.42. The van der Waals surface area contributed by atoms with Crippen molar-refractivity contribution in [1.82, 2.24) is 5.32 Å². The van der Waals surface area contributed by atoms with Gasteiger partial charge in [0, 0.05) is 18.4 Å². The van der Waals surface area contributed by atoms with Gasteiger partial charge in [-0.3, -0.25) is 4.79 Å². The third-order valence-electron chi connectivity index (χ3n) is 4.13. The monoisotopic (exact) mass is 363 g/mol. The first-order valence-corrected chi connectivity index (χ1v) is 8.92. The van der Waals surface area contributed by atoms with E-state index in [1.54, 1.807) is 7.11 Å². The smallest absolute Gasteiger partial charge is 0.267 e. The maximum absolute atomic E-state index is 12.4. The number of carbonyl (C=O) groups excluding carboxylic acids is 1. The van der Waals surface area contributed by atoms with Gasteiger partial charge in [-0.05, 0) is 41.7 Å². The van der Waals surface area contributed by atoms with E-state index in [1.807, 2.05) is 54.6 Å². The van der Waals surface area contributed by atoms with Gasteiger partial charge in [-0.25, -0.2) is 0 Å². The lowest BCUT2D eigenvalue weighted by atomic mass is 10.0. The number of amides is 1. The maximum Gasteiger partial charge on any atom is 0.267 e. The highest BCUT2D eigenvalue weighted by molar-refractivity contribution is 6.06. The van der Waals surface area contributed by atoms with Crippen molar-refractivity contribution in [3.8, 4) is 11.8 Å². The van der Waals surface area contributed by atoms with Gasteiger partial charge in [0.25, 0.3) is 5.91 Å². The number of hydrogen-bond donors (Lipinski definition) is 2. The molecule has 0 aliphatic rings. The Morgan fingerprint density at radius 1 is 1.22 bits per heavy atom. The zero-order chi connectivity index (χ0) is 19.6. The minimum absolute atomic E-state index is 0.0409. The third-order valence-corrected chi connectivity index (χ3v) is 4.13. The number of benzene rings is 2. The van der Waals surface area contributed by atoms with E-state index in [2.05, 4.69) is 24.5 Å². The highest BCUT2D eigenvalue weighted by Gasteiger charge is 2.12. The van der Waals surface area contributed by atoms with Gasteiger partial charge in [0.15, 0.2) is 0 Å². The standard InChI is InChI=1S/C22H25N3O2/c1-16(2)20-9-4-5-10-21(20)25-22(26)18(14-23)15-24-12-11-17-7-6-8-19(13-17)27-3/h4-10,13,15-16,24H,11-12H2,1-3H3,(H,25,26)/b18-15-. The number of methoxy groups -OCH3 is 1. The van der Waals surface area contributed by atoms with Gasteiger partial charge >= 0.3 is 0 Å². The summed E-state index contributed by atoms with van der Waals surface area (Å²) in [5.41, 5.74) is 2.92. The highest BCUT2D eigenvalue weighted by Crippen LogP contribution is 2.24. The molecule has 0 atom stereocenters. The second kappa shape index (κ2) is 10.0. The fourth-order valence-electron chi connectivity index (χ4n) is 2.67. The number of ether oxygens (including phenoxy) is 1. The van der Waals surface area contributed by atoms with Crippen LogP contribution in [0.2, 0.25) is 0 Å². The van der Waals surface area contributed by atoms with Crippen LogP contribution in [-0.2, 0) is 11.2 Å². The number of rotatable bonds is 8. The SMILES string of the molecule is COc1cccc(CCN/C=C(/C#N)C(=O)Nc2ccccc2C(C)C)c1. The van der Waals surface area contributed by atoms with Crippen LogP contribution in [0, 0.1) is 11.3 Å². The molecule has 5 nitrogen and oxygen atoms in total. The lowest BCUT2D eigenvalue weighted by Gasteiger charge is -2.13. The Kier molecular flexibility index (Phi) is 7.45. The van der Waals surface area contributed by atoms with Gasteiger partial charge in [-0.15, -0.1) is 0 Å². The summed E-state index contributed by atoms with van der Waals surface area (Å²) in [7, 11) is 1.63. The number of nitriles is 1. The number of carbonyl (C=O) groups is 1. The summed E-state index contributed by atoms with van der Waals surface area (Å²) >= 11 is 0. The quantitative estimate of drug-likeness (QED) is 0.422. The van der Waals surface area contributed by atoms with Crippen LogP contribution in [0.1, 0.15) is 30.9 Å². The Balaban J connectivity index is 1.95. The molecule has 0 aliphatic carbocycles. The van der Waals surface area contributed by atoms with E-state index in [-0.39, 0.29) is 11.5 Å². The fourth-order valence-corrected chi connectivity index (χ4v) is 2.67. The van der Waals surface area contributed by atoms with Gasteiger partial charge < -0.3 is 15.4 Å². The first-order chi connectivity index (χ1) is 13.0. The molecule has 0 fully saturated rings. The molecule has 2 rings (SSSR count). The topological polar surface area (TPSA) is 74.1 Å². The van der Waals surface area contributed by atoms with Gasteiger partial charge in [0.2, 0.25) is 0 Å². The molecular formula is C22H25N3O2. The maximum atomic E-state index is 12.4. The van der Waals surface area contributed by atoms with Crippen LogP contribution >= 0.6 is 0 Å². The van der Waals surface area contributed by atoms with Crippen molar-refractivity contribution in [1.29, 1.82) is 5.26 Å². The molecule has 2 N–H and O–H groups in total. The fraction of sp³-hybridized carbons (Fsp3) is 0.273. The number of nitrogens with one attached hydrogen (secondary N) is 2. The molecule has 0 aliphatic heterocycles. The predicted octanol–water partition coefficient (Wildman–Crippen LogP) is 4.00. The minimum atomic E-state index is -0.417. The Hall–Kier alpha value is -3.26. The van der Waals surface area contributed by atoms with Crippen LogP contribution in [0.25, 0.3) is 0 Å². The molecule has 27 heavy (non-hydrogen) atoms. The van der Waals surface area contributed by atoms with E-state index in [9.17, 15) is 10.1 Å². The van der Waals surface area contributed by atoms with Crippen LogP contribution in [-0.4, -0.2) is 19.6 Å². The van der Waals surface area contributed by atoms with Crippen molar-refractivity contribution < 1.29 is 9.53 Å². The van der Waals surface area contributed by atoms with E-state index in [0.717, 1.165) is 29.0 Å². The summed E-state index contributed by atoms with van der Waals surface area (Å²) in [6.07, 6.45) is 2.22. The first-order valence-electron chi connectivity index (χ1n) is 8.92. The van der Waals surface area contributed by atoms with Crippen molar-refractivity contribution in [2.75, 3.05) is 19.0 Å². The molecule has 0 saturated heterocycles. The average Bonchev–Trinajstić information content (AvgIpc) is 2.68. The summed E-state index contributed by atoms with van der Waals surface area (Å²) in [5, 5.41) is 15.2. The number of hydrogen-bond acceptors (Lipinski definition) is 4. The molecule has 140 valence electrons. The third kappa shape index (κ3) is 5.89. The van der Waals surface area contributed by atoms with Crippen LogP contribution in [0.15, 0.2) is 60.3 Å². The molecule has 0 aromatic heterocycles. The van der Waals surface area contributed by atoms with Crippen LogP contribution < -0.4 is 15.4 Å². The predicted molar refractivity (Wildman–Crippen MR) is 108 cm³/mol. The largest absolute Gasteiger partial charge is 0.497 e. The molecule has 0 unspecified atom stereocenters. The van der Waals surface area contributed by atoms with Crippen molar-refractivity contribution in [2.45, 2.75) is 26.2 Å². The molecule has 5 heteroatoms. The van der Waals surface area contributed by atoms with Crippen LogP contribution in [0.4, 0.5) is 5.69 Å². The van der Waals surface area contributed by atoms with E-state index < -0.39 is 5.91 Å². The molecule has 0 bridgehead atoms. The van der Waals surface area contributed by atoms with Crippen LogP contribution in [0.5, 0.6) is 5.75 Å². The van der Waals surface area contributed by atoms with Gasteiger partial charge in [0.1, 0.15) is 17.4 Å². The molecule has 0 heterocycles. The first kappa shape index (κ1) is 20.1. The number of nitrogens with zero attached hydrogens (tertiary/aromatic N) is 1. The summed E-state index contributed by atoms with van der Waals surface area (Å²) < 4.78 is 5.20. The van der Waals surface area contributed by atoms with Crippen molar-refractivity contribution in [3.05, 3.63) is 71.4 Å². The Bertz CT molecular complexity index is 851. The molecule has 1 amide bonds. The summed E-state index contributed by atoms with van der Waals surface area (Å²) in [4.78, 5) is 12.4. The lowest BCUT2D eigenvalue weighted by molar-refractivity contribution is -0.112. The summed E-state index contributed by atoms with van der Waals surface area (Å²) in [5.74, 6) is 0.667. The molecule has 2 aromatic rings. The number of anilines is 1. The van der Waals surface area contributed by atoms with Crippen LogP contribution in [0.3, 0.4) is 0 Å². The number of para-hydroxylation sites is 1. The van der Waals surface area contributed by atoms with Gasteiger partial charge in [0.05, 0.1) is 7.11 Å². The molecule has 0 saturated carbocycles. The summed E-state index contributed by atoms with van der Waals surface area (Å²) in [6.45, 7) is 4.73. The lowest BCUT2D eigenvalue weighted by Crippen LogP contribution is -2.18. The van der Waals surface area contributed by atoms with Crippen molar-refractivity contribution >= 4 is 11.6 Å².